The molecule has 5 heteroatoms. The molecule has 0 aliphatic heterocycles. The maximum Gasteiger partial charge on any atom is 0.217 e. The molecule has 2 aromatic carbocycles. The molecule has 0 bridgehead atoms. The van der Waals surface area contributed by atoms with Crippen LogP contribution in [-0.2, 0) is 16.0 Å². The highest BCUT2D eigenvalue weighted by Gasteiger charge is 2.09. The van der Waals surface area contributed by atoms with E-state index in [2.05, 4.69) is 6.07 Å². The van der Waals surface area contributed by atoms with Gasteiger partial charge in [-0.2, -0.15) is 0 Å². The minimum absolute atomic E-state index is 0.280. The summed E-state index contributed by atoms with van der Waals surface area (Å²) in [5.74, 6) is 0.170. The Morgan fingerprint density at radius 2 is 1.56 bits per heavy atom. The average Bonchev–Trinajstić information content (AvgIpc) is 2.59. The number of rotatable bonds is 10. The predicted octanol–water partition coefficient (Wildman–Crippen LogP) is 2.81. The van der Waals surface area contributed by atoms with E-state index in [-0.39, 0.29) is 11.8 Å². The smallest absolute Gasteiger partial charge is 0.217 e. The SMILES string of the molecule is NC(=O)CCCOc1ccc(CCCC(N)=O)cc1-c1ccccc1. The number of ether oxygens (including phenoxy) is 1. The second-order valence-electron chi connectivity index (χ2n) is 5.93. The fraction of sp³-hybridized carbons (Fsp3) is 0.300. The van der Waals surface area contributed by atoms with Crippen molar-refractivity contribution in [3.05, 3.63) is 54.1 Å². The average molecular weight is 340 g/mol. The van der Waals surface area contributed by atoms with Crippen LogP contribution in [0.1, 0.15) is 31.2 Å². The molecule has 132 valence electrons. The Labute approximate surface area is 148 Å². The van der Waals surface area contributed by atoms with E-state index in [1.54, 1.807) is 0 Å². The number of benzene rings is 2. The van der Waals surface area contributed by atoms with Crippen molar-refractivity contribution in [1.29, 1.82) is 0 Å². The van der Waals surface area contributed by atoms with Gasteiger partial charge in [-0.05, 0) is 42.5 Å². The summed E-state index contributed by atoms with van der Waals surface area (Å²) in [7, 11) is 0. The van der Waals surface area contributed by atoms with Crippen LogP contribution in [0, 0.1) is 0 Å². The number of nitrogens with two attached hydrogens (primary N) is 2. The molecule has 4 N–H and O–H groups in total. The van der Waals surface area contributed by atoms with Crippen LogP contribution in [0.5, 0.6) is 5.75 Å². The Balaban J connectivity index is 2.14. The molecule has 2 amide bonds. The molecule has 0 aliphatic carbocycles. The van der Waals surface area contributed by atoms with Crippen molar-refractivity contribution in [2.75, 3.05) is 6.61 Å². The summed E-state index contributed by atoms with van der Waals surface area (Å²) in [6, 6.07) is 16.0. The van der Waals surface area contributed by atoms with E-state index in [1.165, 1.54) is 0 Å². The first kappa shape index (κ1) is 18.5. The molecule has 0 fully saturated rings. The van der Waals surface area contributed by atoms with Crippen molar-refractivity contribution in [3.8, 4) is 16.9 Å². The highest BCUT2D eigenvalue weighted by molar-refractivity contribution is 5.74. The first-order valence-electron chi connectivity index (χ1n) is 8.44. The van der Waals surface area contributed by atoms with Gasteiger partial charge in [-0.1, -0.05) is 36.4 Å². The number of hydrogen-bond donors (Lipinski definition) is 2. The van der Waals surface area contributed by atoms with Crippen LogP contribution >= 0.6 is 0 Å². The van der Waals surface area contributed by atoms with Gasteiger partial charge < -0.3 is 16.2 Å². The lowest BCUT2D eigenvalue weighted by Crippen LogP contribution is -2.12. The Morgan fingerprint density at radius 1 is 0.880 bits per heavy atom. The van der Waals surface area contributed by atoms with Gasteiger partial charge in [-0.25, -0.2) is 0 Å². The van der Waals surface area contributed by atoms with E-state index in [0.29, 0.717) is 25.9 Å². The van der Waals surface area contributed by atoms with Crippen molar-refractivity contribution in [1.82, 2.24) is 0 Å². The van der Waals surface area contributed by atoms with Crippen LogP contribution < -0.4 is 16.2 Å². The number of carbonyl (C=O) groups excluding carboxylic acids is 2. The molecule has 0 aromatic heterocycles. The number of carbonyl (C=O) groups is 2. The van der Waals surface area contributed by atoms with Crippen LogP contribution in [0.25, 0.3) is 11.1 Å². The minimum atomic E-state index is -0.323. The van der Waals surface area contributed by atoms with E-state index in [9.17, 15) is 9.59 Å². The molecule has 0 heterocycles. The Morgan fingerprint density at radius 3 is 2.24 bits per heavy atom. The fourth-order valence-corrected chi connectivity index (χ4v) is 2.60. The summed E-state index contributed by atoms with van der Waals surface area (Å²) in [5, 5.41) is 0. The lowest BCUT2D eigenvalue weighted by atomic mass is 9.99. The fourth-order valence-electron chi connectivity index (χ4n) is 2.60. The van der Waals surface area contributed by atoms with Gasteiger partial charge in [0.05, 0.1) is 6.61 Å². The third-order valence-corrected chi connectivity index (χ3v) is 3.84. The summed E-state index contributed by atoms with van der Waals surface area (Å²) in [6.45, 7) is 0.434. The van der Waals surface area contributed by atoms with E-state index < -0.39 is 0 Å². The molecule has 0 atom stereocenters. The van der Waals surface area contributed by atoms with Crippen LogP contribution in [0.15, 0.2) is 48.5 Å². The summed E-state index contributed by atoms with van der Waals surface area (Å²) >= 11 is 0. The zero-order chi connectivity index (χ0) is 18.1. The normalized spacial score (nSPS) is 10.4. The summed E-state index contributed by atoms with van der Waals surface area (Å²) in [6.07, 6.45) is 2.79. The first-order chi connectivity index (χ1) is 12.1. The van der Waals surface area contributed by atoms with E-state index in [0.717, 1.165) is 35.3 Å². The molecular weight excluding hydrogens is 316 g/mol. The van der Waals surface area contributed by atoms with Crippen molar-refractivity contribution in [2.45, 2.75) is 32.1 Å². The zero-order valence-electron chi connectivity index (χ0n) is 14.2. The van der Waals surface area contributed by atoms with Gasteiger partial charge in [0.1, 0.15) is 5.75 Å². The molecule has 0 spiro atoms. The largest absolute Gasteiger partial charge is 0.493 e. The zero-order valence-corrected chi connectivity index (χ0v) is 14.2. The second-order valence-corrected chi connectivity index (χ2v) is 5.93. The second kappa shape index (κ2) is 9.47. The maximum absolute atomic E-state index is 10.9. The highest BCUT2D eigenvalue weighted by atomic mass is 16.5. The molecule has 0 saturated heterocycles. The molecule has 0 aliphatic rings. The van der Waals surface area contributed by atoms with Gasteiger partial charge in [0.25, 0.3) is 0 Å². The van der Waals surface area contributed by atoms with E-state index in [1.807, 2.05) is 42.5 Å². The van der Waals surface area contributed by atoms with Crippen LogP contribution in [-0.4, -0.2) is 18.4 Å². The topological polar surface area (TPSA) is 95.4 Å². The quantitative estimate of drug-likeness (QED) is 0.651. The first-order valence-corrected chi connectivity index (χ1v) is 8.44. The van der Waals surface area contributed by atoms with Crippen molar-refractivity contribution >= 4 is 11.8 Å². The molecule has 2 rings (SSSR count). The van der Waals surface area contributed by atoms with Gasteiger partial charge in [0.2, 0.25) is 11.8 Å². The Hall–Kier alpha value is -2.82. The monoisotopic (exact) mass is 340 g/mol. The Bertz CT molecular complexity index is 714. The minimum Gasteiger partial charge on any atom is -0.493 e. The van der Waals surface area contributed by atoms with Gasteiger partial charge in [0.15, 0.2) is 0 Å². The predicted molar refractivity (Wildman–Crippen MR) is 97.9 cm³/mol. The molecule has 0 unspecified atom stereocenters. The van der Waals surface area contributed by atoms with E-state index in [4.69, 9.17) is 16.2 Å². The molecule has 0 saturated carbocycles. The van der Waals surface area contributed by atoms with E-state index >= 15 is 0 Å². The van der Waals surface area contributed by atoms with Crippen molar-refractivity contribution < 1.29 is 14.3 Å². The third kappa shape index (κ3) is 6.30. The third-order valence-electron chi connectivity index (χ3n) is 3.84. The molecular formula is C20H24N2O3. The number of hydrogen-bond acceptors (Lipinski definition) is 3. The Kier molecular flexibility index (Phi) is 7.01. The van der Waals surface area contributed by atoms with Gasteiger partial charge in [-0.15, -0.1) is 0 Å². The summed E-state index contributed by atoms with van der Waals surface area (Å²) < 4.78 is 5.86. The molecule has 0 radical (unpaired) electrons. The van der Waals surface area contributed by atoms with Crippen LogP contribution in [0.2, 0.25) is 0 Å². The molecule has 5 nitrogen and oxygen atoms in total. The molecule has 25 heavy (non-hydrogen) atoms. The standard InChI is InChI=1S/C20H24N2O3/c21-19(23)9-4-6-15-11-12-18(25-13-5-10-20(22)24)17(14-15)16-7-2-1-3-8-16/h1-3,7-8,11-12,14H,4-6,9-10,13H2,(H2,21,23)(H2,22,24). The van der Waals surface area contributed by atoms with Gasteiger partial charge in [-0.3, -0.25) is 9.59 Å². The summed E-state index contributed by atoms with van der Waals surface area (Å²) in [4.78, 5) is 21.7. The molecule has 2 aromatic rings. The maximum atomic E-state index is 10.9. The number of amides is 2. The highest BCUT2D eigenvalue weighted by Crippen LogP contribution is 2.31. The lowest BCUT2D eigenvalue weighted by Gasteiger charge is -2.13. The van der Waals surface area contributed by atoms with Crippen molar-refractivity contribution in [2.24, 2.45) is 11.5 Å². The summed E-state index contributed by atoms with van der Waals surface area (Å²) in [5.41, 5.74) is 13.5. The van der Waals surface area contributed by atoms with Gasteiger partial charge in [0, 0.05) is 18.4 Å². The lowest BCUT2D eigenvalue weighted by molar-refractivity contribution is -0.119. The number of aryl methyl sites for hydroxylation is 1. The van der Waals surface area contributed by atoms with Crippen molar-refractivity contribution in [3.63, 3.8) is 0 Å². The van der Waals surface area contributed by atoms with Gasteiger partial charge >= 0.3 is 0 Å². The van der Waals surface area contributed by atoms with Crippen LogP contribution in [0.4, 0.5) is 0 Å². The van der Waals surface area contributed by atoms with Crippen LogP contribution in [0.3, 0.4) is 0 Å². The number of primary amides is 2.